The van der Waals surface area contributed by atoms with Gasteiger partial charge in [-0.2, -0.15) is 0 Å². The van der Waals surface area contributed by atoms with Gasteiger partial charge in [0.2, 0.25) is 21.8 Å². The van der Waals surface area contributed by atoms with E-state index in [2.05, 4.69) is 10.0 Å². The van der Waals surface area contributed by atoms with Crippen LogP contribution in [0.15, 0.2) is 77.7 Å². The lowest BCUT2D eigenvalue weighted by atomic mass is 10.1. The first kappa shape index (κ1) is 30.8. The molecule has 8 nitrogen and oxygen atoms in total. The van der Waals surface area contributed by atoms with E-state index in [9.17, 15) is 22.4 Å². The summed E-state index contributed by atoms with van der Waals surface area (Å²) in [5.74, 6) is -0.162. The van der Waals surface area contributed by atoms with Crippen LogP contribution < -0.4 is 14.8 Å². The molecule has 0 aliphatic heterocycles. The highest BCUT2D eigenvalue weighted by molar-refractivity contribution is 7.89. The Hall–Kier alpha value is -3.76. The third-order valence-corrected chi connectivity index (χ3v) is 8.06. The van der Waals surface area contributed by atoms with Gasteiger partial charge in [0.25, 0.3) is 0 Å². The van der Waals surface area contributed by atoms with E-state index >= 15 is 0 Å². The summed E-state index contributed by atoms with van der Waals surface area (Å²) < 4.78 is 45.4. The van der Waals surface area contributed by atoms with Crippen molar-refractivity contribution in [1.29, 1.82) is 0 Å². The largest absolute Gasteiger partial charge is 0.497 e. The predicted molar refractivity (Wildman–Crippen MR) is 152 cm³/mol. The smallest absolute Gasteiger partial charge is 0.242 e. The van der Waals surface area contributed by atoms with E-state index in [1.165, 1.54) is 29.2 Å². The zero-order valence-electron chi connectivity index (χ0n) is 23.0. The topological polar surface area (TPSA) is 105 Å². The molecule has 0 aliphatic rings. The van der Waals surface area contributed by atoms with Crippen LogP contribution in [-0.4, -0.2) is 51.4 Å². The Morgan fingerprint density at radius 3 is 2.08 bits per heavy atom. The van der Waals surface area contributed by atoms with E-state index in [0.29, 0.717) is 24.9 Å². The molecular weight excluding hydrogens is 533 g/mol. The number of ether oxygens (including phenoxy) is 1. The minimum Gasteiger partial charge on any atom is -0.497 e. The van der Waals surface area contributed by atoms with Crippen LogP contribution in [-0.2, 0) is 39.0 Å². The van der Waals surface area contributed by atoms with Gasteiger partial charge in [-0.15, -0.1) is 0 Å². The van der Waals surface area contributed by atoms with Gasteiger partial charge in [-0.3, -0.25) is 9.59 Å². The third-order valence-electron chi connectivity index (χ3n) is 6.50. The summed E-state index contributed by atoms with van der Waals surface area (Å²) in [4.78, 5) is 28.0. The van der Waals surface area contributed by atoms with Gasteiger partial charge in [0.1, 0.15) is 17.6 Å². The van der Waals surface area contributed by atoms with Gasteiger partial charge in [0, 0.05) is 26.1 Å². The van der Waals surface area contributed by atoms with Crippen LogP contribution in [0, 0.1) is 5.82 Å². The number of sulfonamides is 1. The molecule has 0 radical (unpaired) electrons. The lowest BCUT2D eigenvalue weighted by Gasteiger charge is -2.29. The highest BCUT2D eigenvalue weighted by Gasteiger charge is 2.26. The maximum atomic E-state index is 13.5. The lowest BCUT2D eigenvalue weighted by molar-refractivity contribution is -0.140. The van der Waals surface area contributed by atoms with Crippen LogP contribution in [0.25, 0.3) is 0 Å². The maximum absolute atomic E-state index is 13.5. The predicted octanol–water partition coefficient (Wildman–Crippen LogP) is 3.84. The van der Waals surface area contributed by atoms with Crippen molar-refractivity contribution in [1.82, 2.24) is 14.9 Å². The van der Waals surface area contributed by atoms with Crippen molar-refractivity contribution in [3.05, 3.63) is 95.3 Å². The normalized spacial score (nSPS) is 12.0. The molecule has 3 rings (SSSR count). The van der Waals surface area contributed by atoms with Gasteiger partial charge < -0.3 is 15.0 Å². The lowest BCUT2D eigenvalue weighted by Crippen LogP contribution is -2.48. The molecule has 3 aromatic rings. The molecule has 0 heterocycles. The second-order valence-corrected chi connectivity index (χ2v) is 11.1. The van der Waals surface area contributed by atoms with E-state index in [4.69, 9.17) is 4.74 Å². The van der Waals surface area contributed by atoms with Gasteiger partial charge in [-0.25, -0.2) is 17.5 Å². The molecule has 214 valence electrons. The van der Waals surface area contributed by atoms with E-state index in [0.717, 1.165) is 16.9 Å². The van der Waals surface area contributed by atoms with Crippen molar-refractivity contribution >= 4 is 21.8 Å². The molecule has 0 spiro atoms. The van der Waals surface area contributed by atoms with Crippen LogP contribution in [0.2, 0.25) is 0 Å². The number of carbonyl (C=O) groups is 2. The van der Waals surface area contributed by atoms with E-state index in [1.807, 2.05) is 24.3 Å². The van der Waals surface area contributed by atoms with Gasteiger partial charge in [-0.05, 0) is 72.9 Å². The summed E-state index contributed by atoms with van der Waals surface area (Å²) in [5.41, 5.74) is 2.53. The second kappa shape index (κ2) is 14.6. The average molecular weight is 570 g/mol. The Morgan fingerprint density at radius 1 is 0.900 bits per heavy atom. The van der Waals surface area contributed by atoms with Crippen molar-refractivity contribution in [3.63, 3.8) is 0 Å². The monoisotopic (exact) mass is 569 g/mol. The number of hydrogen-bond acceptors (Lipinski definition) is 5. The number of benzene rings is 3. The molecule has 10 heteroatoms. The molecule has 0 aliphatic carbocycles. The summed E-state index contributed by atoms with van der Waals surface area (Å²) >= 11 is 0. The number of hydrogen-bond donors (Lipinski definition) is 2. The number of methoxy groups -OCH3 is 1. The number of rotatable bonds is 14. The number of nitrogens with zero attached hydrogens (tertiary/aromatic N) is 1. The number of nitrogens with one attached hydrogen (secondary N) is 2. The fourth-order valence-corrected chi connectivity index (χ4v) is 5.18. The summed E-state index contributed by atoms with van der Waals surface area (Å²) in [7, 11) is -1.96. The number of carbonyl (C=O) groups excluding carboxylic acids is 2. The summed E-state index contributed by atoms with van der Waals surface area (Å²) in [6.07, 6.45) is 1.10. The molecule has 3 aromatic carbocycles. The van der Waals surface area contributed by atoms with E-state index in [-0.39, 0.29) is 42.0 Å². The van der Waals surface area contributed by atoms with Crippen molar-refractivity contribution < 1.29 is 27.1 Å². The van der Waals surface area contributed by atoms with Gasteiger partial charge in [-0.1, -0.05) is 43.3 Å². The van der Waals surface area contributed by atoms with E-state index < -0.39 is 16.1 Å². The molecule has 0 bridgehead atoms. The van der Waals surface area contributed by atoms with Crippen molar-refractivity contribution in [2.75, 3.05) is 20.2 Å². The summed E-state index contributed by atoms with van der Waals surface area (Å²) in [6, 6.07) is 19.0. The first-order valence-electron chi connectivity index (χ1n) is 13.2. The number of amides is 2. The van der Waals surface area contributed by atoms with Crippen LogP contribution in [0.3, 0.4) is 0 Å². The second-order valence-electron chi connectivity index (χ2n) is 9.36. The number of aryl methyl sites for hydroxylation is 1. The first-order chi connectivity index (χ1) is 19.1. The Kier molecular flexibility index (Phi) is 11.2. The quantitative estimate of drug-likeness (QED) is 0.307. The first-order valence-corrected chi connectivity index (χ1v) is 14.6. The zero-order valence-corrected chi connectivity index (χ0v) is 23.8. The van der Waals surface area contributed by atoms with Crippen LogP contribution in [0.5, 0.6) is 5.75 Å². The average Bonchev–Trinajstić information content (AvgIpc) is 2.95. The number of halogens is 1. The molecule has 0 aromatic heterocycles. The Morgan fingerprint density at radius 2 is 1.48 bits per heavy atom. The van der Waals surface area contributed by atoms with Gasteiger partial charge in [0.05, 0.1) is 12.0 Å². The van der Waals surface area contributed by atoms with Crippen molar-refractivity contribution in [2.45, 2.75) is 50.6 Å². The fourth-order valence-electron chi connectivity index (χ4n) is 4.14. The molecule has 2 N–H and O–H groups in total. The zero-order chi connectivity index (χ0) is 29.1. The summed E-state index contributed by atoms with van der Waals surface area (Å²) in [5, 5.41) is 2.91. The standard InChI is InChI=1S/C30H36FN3O5S/c1-4-33-40(37,38)28-16-9-23(10-17-28)11-18-29(35)34(21-25-5-12-26(31)13-6-25)22(2)30(36)32-20-19-24-7-14-27(39-3)15-8-24/h5-10,12-17,22,33H,4,11,18-21H2,1-3H3,(H,32,36)/t22-/m0/s1. The van der Waals surface area contributed by atoms with Crippen LogP contribution >= 0.6 is 0 Å². The highest BCUT2D eigenvalue weighted by atomic mass is 32.2. The molecule has 40 heavy (non-hydrogen) atoms. The van der Waals surface area contributed by atoms with Crippen LogP contribution in [0.1, 0.15) is 37.0 Å². The Balaban J connectivity index is 1.65. The van der Waals surface area contributed by atoms with Crippen LogP contribution in [0.4, 0.5) is 4.39 Å². The molecule has 0 fully saturated rings. The maximum Gasteiger partial charge on any atom is 0.242 e. The summed E-state index contributed by atoms with van der Waals surface area (Å²) in [6.45, 7) is 4.21. The molecule has 0 saturated carbocycles. The van der Waals surface area contributed by atoms with E-state index in [1.54, 1.807) is 45.2 Å². The SMILES string of the molecule is CCNS(=O)(=O)c1ccc(CCC(=O)N(Cc2ccc(F)cc2)[C@@H](C)C(=O)NCCc2ccc(OC)cc2)cc1. The fraction of sp³-hybridized carbons (Fsp3) is 0.333. The Labute approximate surface area is 235 Å². The highest BCUT2D eigenvalue weighted by Crippen LogP contribution is 2.16. The molecule has 1 atom stereocenters. The van der Waals surface area contributed by atoms with Gasteiger partial charge >= 0.3 is 0 Å². The van der Waals surface area contributed by atoms with Crippen molar-refractivity contribution in [3.8, 4) is 5.75 Å². The van der Waals surface area contributed by atoms with Gasteiger partial charge in [0.15, 0.2) is 0 Å². The molecule has 0 unspecified atom stereocenters. The Bertz CT molecular complexity index is 1360. The molecule has 2 amide bonds. The third kappa shape index (κ3) is 8.89. The minimum absolute atomic E-state index is 0.115. The molecule has 0 saturated heterocycles. The molecular formula is C30H36FN3O5S. The van der Waals surface area contributed by atoms with Crippen molar-refractivity contribution in [2.24, 2.45) is 0 Å². The minimum atomic E-state index is -3.56.